The fourth-order valence-corrected chi connectivity index (χ4v) is 5.13. The van der Waals surface area contributed by atoms with Crippen molar-refractivity contribution in [2.45, 2.75) is 37.2 Å². The van der Waals surface area contributed by atoms with Crippen molar-refractivity contribution in [1.82, 2.24) is 0 Å². The lowest BCUT2D eigenvalue weighted by Crippen LogP contribution is -2.53. The molecule has 0 bridgehead atoms. The molecule has 0 spiro atoms. The Hall–Kier alpha value is -2.89. The molecule has 0 aromatic heterocycles. The summed E-state index contributed by atoms with van der Waals surface area (Å²) in [6.07, 6.45) is 3.54. The summed E-state index contributed by atoms with van der Waals surface area (Å²) in [6.45, 7) is 0.495. The highest BCUT2D eigenvalue weighted by Gasteiger charge is 2.58. The normalized spacial score (nSPS) is 23.2. The van der Waals surface area contributed by atoms with Crippen LogP contribution in [0.1, 0.15) is 42.7 Å². The largest absolute Gasteiger partial charge is 0.497 e. The van der Waals surface area contributed by atoms with Gasteiger partial charge in [0.25, 0.3) is 0 Å². The number of azide groups is 1. The molecule has 0 saturated heterocycles. The Morgan fingerprint density at radius 3 is 2.53 bits per heavy atom. The van der Waals surface area contributed by atoms with Gasteiger partial charge in [-0.2, -0.15) is 0 Å². The Bertz CT molecular complexity index is 1000. The van der Waals surface area contributed by atoms with Gasteiger partial charge in [-0.15, -0.1) is 0 Å². The molecule has 1 N–H and O–H groups in total. The SMILES string of the molecule is COc1ccc2c(c1)-c1cc(OC)c(OC)cc1[C@]1(O)[C@@H](CCCCN=[N+]=[N-])C[C@H]21. The van der Waals surface area contributed by atoms with Crippen LogP contribution in [-0.4, -0.2) is 33.0 Å². The van der Waals surface area contributed by atoms with E-state index < -0.39 is 5.60 Å². The Kier molecular flexibility index (Phi) is 5.50. The summed E-state index contributed by atoms with van der Waals surface area (Å²) < 4.78 is 16.5. The minimum atomic E-state index is -0.949. The molecule has 0 unspecified atom stereocenters. The molecule has 0 heterocycles. The average molecular weight is 409 g/mol. The second kappa shape index (κ2) is 8.09. The third-order valence-electron chi connectivity index (χ3n) is 6.68. The van der Waals surface area contributed by atoms with E-state index in [0.717, 1.165) is 53.7 Å². The van der Waals surface area contributed by atoms with Crippen LogP contribution < -0.4 is 14.2 Å². The Morgan fingerprint density at radius 1 is 1.07 bits per heavy atom. The molecule has 2 aromatic rings. The maximum absolute atomic E-state index is 12.0. The van der Waals surface area contributed by atoms with E-state index in [1.165, 1.54) is 0 Å². The van der Waals surface area contributed by atoms with Crippen LogP contribution in [0.25, 0.3) is 21.6 Å². The Morgan fingerprint density at radius 2 is 1.83 bits per heavy atom. The van der Waals surface area contributed by atoms with Crippen LogP contribution in [0.3, 0.4) is 0 Å². The number of benzene rings is 2. The Balaban J connectivity index is 1.76. The van der Waals surface area contributed by atoms with Gasteiger partial charge in [0.05, 0.1) is 21.3 Å². The summed E-state index contributed by atoms with van der Waals surface area (Å²) in [4.78, 5) is 2.81. The molecule has 4 rings (SSSR count). The number of fused-ring (bicyclic) bond motifs is 6. The van der Waals surface area contributed by atoms with Crippen LogP contribution in [0.2, 0.25) is 0 Å². The minimum absolute atomic E-state index is 0.0335. The summed E-state index contributed by atoms with van der Waals surface area (Å²) in [5.41, 5.74) is 11.6. The van der Waals surface area contributed by atoms with Crippen molar-refractivity contribution < 1.29 is 19.3 Å². The summed E-state index contributed by atoms with van der Waals surface area (Å²) in [5.74, 6) is 2.21. The van der Waals surface area contributed by atoms with Crippen molar-refractivity contribution in [2.75, 3.05) is 27.9 Å². The molecule has 7 nitrogen and oxygen atoms in total. The minimum Gasteiger partial charge on any atom is -0.497 e. The van der Waals surface area contributed by atoms with Crippen molar-refractivity contribution in [2.24, 2.45) is 11.0 Å². The predicted molar refractivity (Wildman–Crippen MR) is 114 cm³/mol. The second-order valence-corrected chi connectivity index (χ2v) is 7.97. The van der Waals surface area contributed by atoms with E-state index in [9.17, 15) is 5.11 Å². The monoisotopic (exact) mass is 409 g/mol. The van der Waals surface area contributed by atoms with Crippen LogP contribution in [0.15, 0.2) is 35.4 Å². The fourth-order valence-electron chi connectivity index (χ4n) is 5.13. The molecule has 0 amide bonds. The lowest BCUT2D eigenvalue weighted by molar-refractivity contribution is -0.130. The molecule has 1 saturated carbocycles. The molecule has 7 heteroatoms. The number of hydrogen-bond acceptors (Lipinski definition) is 5. The van der Waals surface area contributed by atoms with Gasteiger partial charge in [-0.1, -0.05) is 17.6 Å². The quantitative estimate of drug-likeness (QED) is 0.282. The first kappa shape index (κ1) is 20.4. The van der Waals surface area contributed by atoms with E-state index >= 15 is 0 Å². The Labute approximate surface area is 176 Å². The maximum Gasteiger partial charge on any atom is 0.161 e. The van der Waals surface area contributed by atoms with E-state index in [1.54, 1.807) is 21.3 Å². The highest BCUT2D eigenvalue weighted by atomic mass is 16.5. The van der Waals surface area contributed by atoms with Gasteiger partial charge in [0, 0.05) is 17.4 Å². The highest BCUT2D eigenvalue weighted by Crippen LogP contribution is 2.65. The van der Waals surface area contributed by atoms with Crippen molar-refractivity contribution in [3.8, 4) is 28.4 Å². The van der Waals surface area contributed by atoms with Crippen LogP contribution in [0.5, 0.6) is 17.2 Å². The molecule has 158 valence electrons. The summed E-state index contributed by atoms with van der Waals surface area (Å²) in [5, 5.41) is 15.6. The molecule has 2 aromatic carbocycles. The van der Waals surface area contributed by atoms with E-state index in [0.29, 0.717) is 18.0 Å². The number of aliphatic hydroxyl groups is 1. The predicted octanol–water partition coefficient (Wildman–Crippen LogP) is 5.16. The molecule has 1 fully saturated rings. The first-order valence-corrected chi connectivity index (χ1v) is 10.3. The first-order valence-electron chi connectivity index (χ1n) is 10.3. The lowest BCUT2D eigenvalue weighted by atomic mass is 9.51. The van der Waals surface area contributed by atoms with Crippen molar-refractivity contribution in [3.05, 3.63) is 51.9 Å². The van der Waals surface area contributed by atoms with Gasteiger partial charge in [-0.05, 0) is 77.2 Å². The molecule has 2 aliphatic rings. The topological polar surface area (TPSA) is 96.7 Å². The number of ether oxygens (including phenoxy) is 3. The van der Waals surface area contributed by atoms with E-state index in [-0.39, 0.29) is 11.8 Å². The van der Waals surface area contributed by atoms with Gasteiger partial charge in [0.15, 0.2) is 11.5 Å². The van der Waals surface area contributed by atoms with Gasteiger partial charge in [0.2, 0.25) is 0 Å². The van der Waals surface area contributed by atoms with Gasteiger partial charge in [0.1, 0.15) is 11.4 Å². The van der Waals surface area contributed by atoms with Gasteiger partial charge in [-0.3, -0.25) is 0 Å². The standard InChI is InChI=1S/C23H27N3O4/c1-28-15-7-8-16-17(11-15)18-12-21(29-2)22(30-3)13-20(18)23(27)14(10-19(16)23)6-4-5-9-25-26-24/h7-8,11-14,19,27H,4-6,9-10H2,1-3H3/t14-,19+,23-/m0/s1. The molecule has 3 atom stereocenters. The zero-order valence-corrected chi connectivity index (χ0v) is 17.6. The first-order chi connectivity index (χ1) is 14.6. The molecule has 2 aliphatic carbocycles. The van der Waals surface area contributed by atoms with E-state index in [1.807, 2.05) is 24.3 Å². The maximum atomic E-state index is 12.0. The van der Waals surface area contributed by atoms with Gasteiger partial charge >= 0.3 is 0 Å². The number of rotatable bonds is 8. The smallest absolute Gasteiger partial charge is 0.161 e. The molecule has 0 radical (unpaired) electrons. The van der Waals surface area contributed by atoms with Crippen LogP contribution in [0, 0.1) is 5.92 Å². The molecule has 30 heavy (non-hydrogen) atoms. The number of unbranched alkanes of at least 4 members (excludes halogenated alkanes) is 1. The number of hydrogen-bond donors (Lipinski definition) is 1. The van der Waals surface area contributed by atoms with E-state index in [4.69, 9.17) is 19.7 Å². The fraction of sp³-hybridized carbons (Fsp3) is 0.478. The van der Waals surface area contributed by atoms with Crippen LogP contribution in [-0.2, 0) is 5.60 Å². The third-order valence-corrected chi connectivity index (χ3v) is 6.68. The van der Waals surface area contributed by atoms with Gasteiger partial charge < -0.3 is 19.3 Å². The van der Waals surface area contributed by atoms with E-state index in [2.05, 4.69) is 16.1 Å². The summed E-state index contributed by atoms with van der Waals surface area (Å²) >= 11 is 0. The van der Waals surface area contributed by atoms with Gasteiger partial charge in [-0.25, -0.2) is 0 Å². The third kappa shape index (κ3) is 3.06. The number of methoxy groups -OCH3 is 3. The zero-order chi connectivity index (χ0) is 21.3. The van der Waals surface area contributed by atoms with Crippen LogP contribution >= 0.6 is 0 Å². The van der Waals surface area contributed by atoms with Crippen molar-refractivity contribution in [1.29, 1.82) is 0 Å². The van der Waals surface area contributed by atoms with Crippen LogP contribution in [0.4, 0.5) is 0 Å². The second-order valence-electron chi connectivity index (χ2n) is 7.97. The zero-order valence-electron chi connectivity index (χ0n) is 17.6. The summed E-state index contributed by atoms with van der Waals surface area (Å²) in [6, 6.07) is 9.94. The molecular weight excluding hydrogens is 382 g/mol. The van der Waals surface area contributed by atoms with Crippen molar-refractivity contribution >= 4 is 0 Å². The average Bonchev–Trinajstić information content (AvgIpc) is 2.78. The summed E-state index contributed by atoms with van der Waals surface area (Å²) in [7, 11) is 4.89. The molecule has 0 aliphatic heterocycles. The molecular formula is C23H27N3O4. The lowest BCUT2D eigenvalue weighted by Gasteiger charge is -2.56. The van der Waals surface area contributed by atoms with Crippen molar-refractivity contribution in [3.63, 3.8) is 0 Å². The highest BCUT2D eigenvalue weighted by molar-refractivity contribution is 5.80. The number of nitrogens with zero attached hydrogens (tertiary/aromatic N) is 3.